The monoisotopic (exact) mass is 444 g/mol. The number of hydrogen-bond donors (Lipinski definition) is 2. The minimum absolute atomic E-state index is 0.0627. The average molecular weight is 445 g/mol. The summed E-state index contributed by atoms with van der Waals surface area (Å²) in [4.78, 5) is 41.5. The van der Waals surface area contributed by atoms with E-state index >= 15 is 0 Å². The Morgan fingerprint density at radius 1 is 1.13 bits per heavy atom. The molecule has 1 aromatic heterocycles. The lowest BCUT2D eigenvalue weighted by atomic mass is 10.2. The average Bonchev–Trinajstić information content (AvgIpc) is 2.74. The van der Waals surface area contributed by atoms with E-state index in [9.17, 15) is 14.4 Å². The van der Waals surface area contributed by atoms with Crippen LogP contribution >= 0.6 is 23.4 Å². The molecule has 2 aromatic carbocycles. The lowest BCUT2D eigenvalue weighted by molar-refractivity contribution is -0.117. The van der Waals surface area contributed by atoms with E-state index in [0.717, 1.165) is 23.7 Å². The Morgan fingerprint density at radius 3 is 2.63 bits per heavy atom. The smallest absolute Gasteiger partial charge is 0.321 e. The Hall–Kier alpha value is -2.84. The van der Waals surface area contributed by atoms with Crippen LogP contribution in [0.5, 0.6) is 0 Å². The summed E-state index contributed by atoms with van der Waals surface area (Å²) in [6.07, 6.45) is 0.770. The molecule has 3 amide bonds. The molecule has 0 bridgehead atoms. The summed E-state index contributed by atoms with van der Waals surface area (Å²) in [7, 11) is 0. The molecule has 3 rings (SSSR count). The van der Waals surface area contributed by atoms with Crippen LogP contribution < -0.4 is 16.2 Å². The van der Waals surface area contributed by atoms with Crippen LogP contribution in [0.2, 0.25) is 5.02 Å². The summed E-state index contributed by atoms with van der Waals surface area (Å²) in [6.45, 7) is 2.62. The van der Waals surface area contributed by atoms with Gasteiger partial charge in [-0.25, -0.2) is 9.78 Å². The third-order valence-electron chi connectivity index (χ3n) is 4.23. The summed E-state index contributed by atoms with van der Waals surface area (Å²) in [5.41, 5.74) is 1.09. The van der Waals surface area contributed by atoms with E-state index in [1.807, 2.05) is 25.1 Å². The molecule has 9 heteroatoms. The maximum Gasteiger partial charge on any atom is 0.321 e. The van der Waals surface area contributed by atoms with E-state index in [1.54, 1.807) is 30.3 Å². The number of urea groups is 1. The number of benzene rings is 2. The number of nitrogens with zero attached hydrogens (tertiary/aromatic N) is 2. The van der Waals surface area contributed by atoms with Gasteiger partial charge in [-0.05, 0) is 30.2 Å². The highest BCUT2D eigenvalue weighted by atomic mass is 35.5. The van der Waals surface area contributed by atoms with Crippen molar-refractivity contribution in [2.24, 2.45) is 0 Å². The van der Waals surface area contributed by atoms with E-state index in [4.69, 9.17) is 11.6 Å². The number of fused-ring (bicyclic) bond motifs is 1. The highest BCUT2D eigenvalue weighted by molar-refractivity contribution is 7.99. The second-order valence-electron chi connectivity index (χ2n) is 6.49. The Kier molecular flexibility index (Phi) is 7.48. The largest absolute Gasteiger partial charge is 0.338 e. The summed E-state index contributed by atoms with van der Waals surface area (Å²) in [5.74, 6) is -0.535. The summed E-state index contributed by atoms with van der Waals surface area (Å²) in [6, 6.07) is 13.8. The maximum atomic E-state index is 13.1. The van der Waals surface area contributed by atoms with E-state index < -0.39 is 11.9 Å². The number of aromatic nitrogens is 2. The molecule has 0 saturated carbocycles. The van der Waals surface area contributed by atoms with E-state index in [0.29, 0.717) is 27.6 Å². The number of amides is 3. The van der Waals surface area contributed by atoms with Gasteiger partial charge >= 0.3 is 6.03 Å². The molecule has 0 fully saturated rings. The van der Waals surface area contributed by atoms with Gasteiger partial charge in [0, 0.05) is 11.6 Å². The van der Waals surface area contributed by atoms with Gasteiger partial charge in [0.2, 0.25) is 5.91 Å². The number of thioether (sulfide) groups is 1. The zero-order valence-corrected chi connectivity index (χ0v) is 17.9. The molecule has 30 heavy (non-hydrogen) atoms. The van der Waals surface area contributed by atoms with E-state index in [-0.39, 0.29) is 17.9 Å². The van der Waals surface area contributed by atoms with Crippen LogP contribution in [0.15, 0.2) is 58.5 Å². The topological polar surface area (TPSA) is 93.1 Å². The first-order valence-corrected chi connectivity index (χ1v) is 10.8. The molecule has 156 valence electrons. The van der Waals surface area contributed by atoms with Crippen molar-refractivity contribution in [2.45, 2.75) is 25.0 Å². The normalized spacial score (nSPS) is 10.7. The highest BCUT2D eigenvalue weighted by Crippen LogP contribution is 2.21. The molecule has 0 atom stereocenters. The van der Waals surface area contributed by atoms with Crippen LogP contribution in [0.25, 0.3) is 10.9 Å². The fourth-order valence-corrected chi connectivity index (χ4v) is 3.76. The van der Waals surface area contributed by atoms with Crippen molar-refractivity contribution in [3.05, 3.63) is 69.5 Å². The maximum absolute atomic E-state index is 13.1. The minimum atomic E-state index is -0.539. The van der Waals surface area contributed by atoms with Crippen molar-refractivity contribution >= 4 is 46.2 Å². The molecule has 0 saturated heterocycles. The number of hydrogen-bond acceptors (Lipinski definition) is 5. The molecule has 2 N–H and O–H groups in total. The fraction of sp³-hybridized carbons (Fsp3) is 0.238. The fourth-order valence-electron chi connectivity index (χ4n) is 2.77. The second-order valence-corrected chi connectivity index (χ2v) is 7.84. The van der Waals surface area contributed by atoms with Crippen LogP contribution in [0.1, 0.15) is 18.9 Å². The van der Waals surface area contributed by atoms with Crippen LogP contribution in [0.3, 0.4) is 0 Å². The van der Waals surface area contributed by atoms with Crippen molar-refractivity contribution in [1.82, 2.24) is 20.2 Å². The number of carbonyl (C=O) groups is 2. The summed E-state index contributed by atoms with van der Waals surface area (Å²) < 4.78 is 1.50. The molecular weight excluding hydrogens is 424 g/mol. The Labute approximate surface area is 182 Å². The first-order chi connectivity index (χ1) is 14.5. The van der Waals surface area contributed by atoms with Crippen molar-refractivity contribution < 1.29 is 9.59 Å². The third kappa shape index (κ3) is 5.40. The number of para-hydroxylation sites is 1. The van der Waals surface area contributed by atoms with Gasteiger partial charge in [0.25, 0.3) is 5.56 Å². The van der Waals surface area contributed by atoms with E-state index in [1.165, 1.54) is 4.57 Å². The van der Waals surface area contributed by atoms with Crippen LogP contribution in [0.4, 0.5) is 4.79 Å². The third-order valence-corrected chi connectivity index (χ3v) is 5.58. The van der Waals surface area contributed by atoms with Crippen molar-refractivity contribution in [3.63, 3.8) is 0 Å². The zero-order valence-electron chi connectivity index (χ0n) is 16.4. The van der Waals surface area contributed by atoms with Crippen LogP contribution in [-0.4, -0.2) is 33.8 Å². The van der Waals surface area contributed by atoms with Gasteiger partial charge in [-0.2, -0.15) is 0 Å². The van der Waals surface area contributed by atoms with Crippen molar-refractivity contribution in [2.75, 3.05) is 12.3 Å². The molecule has 0 aliphatic rings. The molecule has 0 unspecified atom stereocenters. The van der Waals surface area contributed by atoms with Crippen molar-refractivity contribution in [3.8, 4) is 0 Å². The zero-order chi connectivity index (χ0) is 21.5. The minimum Gasteiger partial charge on any atom is -0.338 e. The lowest BCUT2D eigenvalue weighted by Gasteiger charge is -2.14. The molecular formula is C21H21ClN4O3S. The van der Waals surface area contributed by atoms with Crippen LogP contribution in [0, 0.1) is 0 Å². The standard InChI is InChI=1S/C21H21ClN4O3S/c1-2-11-23-20(29)25-18(27)13-30-21-24-17-10-6-4-8-15(17)19(28)26(21)12-14-7-3-5-9-16(14)22/h3-10H,2,11-13H2,1H3,(H2,23,25,27,29). The number of nitrogens with one attached hydrogen (secondary N) is 2. The quantitative estimate of drug-likeness (QED) is 0.430. The number of imide groups is 1. The Bertz CT molecular complexity index is 1130. The lowest BCUT2D eigenvalue weighted by Crippen LogP contribution is -2.40. The molecule has 1 heterocycles. The predicted octanol–water partition coefficient (Wildman–Crippen LogP) is 3.43. The molecule has 3 aromatic rings. The second kappa shape index (κ2) is 10.3. The Balaban J connectivity index is 1.87. The van der Waals surface area contributed by atoms with Gasteiger partial charge in [0.1, 0.15) is 0 Å². The first kappa shape index (κ1) is 21.9. The number of carbonyl (C=O) groups excluding carboxylic acids is 2. The molecule has 7 nitrogen and oxygen atoms in total. The number of halogens is 1. The van der Waals surface area contributed by atoms with Crippen molar-refractivity contribution in [1.29, 1.82) is 0 Å². The highest BCUT2D eigenvalue weighted by Gasteiger charge is 2.15. The van der Waals surface area contributed by atoms with E-state index in [2.05, 4.69) is 15.6 Å². The Morgan fingerprint density at radius 2 is 1.87 bits per heavy atom. The van der Waals surface area contributed by atoms with Gasteiger partial charge in [-0.15, -0.1) is 0 Å². The summed E-state index contributed by atoms with van der Waals surface area (Å²) in [5, 5.41) is 6.25. The molecule has 0 spiro atoms. The summed E-state index contributed by atoms with van der Waals surface area (Å²) >= 11 is 7.36. The van der Waals surface area contributed by atoms with Crippen LogP contribution in [-0.2, 0) is 11.3 Å². The molecule has 0 aliphatic carbocycles. The molecule has 0 aliphatic heterocycles. The SMILES string of the molecule is CCCNC(=O)NC(=O)CSc1nc2ccccc2c(=O)n1Cc1ccccc1Cl. The predicted molar refractivity (Wildman–Crippen MR) is 119 cm³/mol. The number of rotatable bonds is 7. The van der Waals surface area contributed by atoms with Gasteiger partial charge in [-0.3, -0.25) is 19.5 Å². The van der Waals surface area contributed by atoms with Gasteiger partial charge < -0.3 is 5.32 Å². The van der Waals surface area contributed by atoms with Gasteiger partial charge in [0.15, 0.2) is 5.16 Å². The molecule has 0 radical (unpaired) electrons. The first-order valence-electron chi connectivity index (χ1n) is 9.43. The van der Waals surface area contributed by atoms with Gasteiger partial charge in [-0.1, -0.05) is 60.6 Å². The van der Waals surface area contributed by atoms with Gasteiger partial charge in [0.05, 0.1) is 23.2 Å².